The summed E-state index contributed by atoms with van der Waals surface area (Å²) in [5.74, 6) is -8.15. The number of carbonyl (C=O) groups excluding carboxylic acids is 4. The number of nitrogens with two attached hydrogens (primary N) is 4. The Labute approximate surface area is 413 Å². The lowest BCUT2D eigenvalue weighted by molar-refractivity contribution is -0.143. The highest BCUT2D eigenvalue weighted by Gasteiger charge is 2.38. The van der Waals surface area contributed by atoms with Crippen molar-refractivity contribution in [2.45, 2.75) is 82.8 Å². The van der Waals surface area contributed by atoms with Crippen LogP contribution in [-0.2, 0) is 41.2 Å². The summed E-state index contributed by atoms with van der Waals surface area (Å²) < 4.78 is 53.6. The number of aryl methyl sites for hydroxylation is 1. The average molecular weight is 1030 g/mol. The SMILES string of the molecule is Cc1nc(-c2ccc(C(C)(C)C)cc2F)nc(N)c1C(=O)NC(CNS(N)(=O)=O)C(=O)N(C)[C@@H]1C(=O)N[C@@H](C)C(=O)N[C@H](C(=O)O)Cc2ccc(OCC(O)CN)c(c2)-c2cc1cc(OCC(O)CN)c2O. The molecule has 2 heterocycles. The molecule has 72 heavy (non-hydrogen) atoms. The number of ether oxygens (including phenoxy) is 2. The van der Waals surface area contributed by atoms with Crippen molar-refractivity contribution in [3.05, 3.63) is 82.3 Å². The maximum atomic E-state index is 15.4. The summed E-state index contributed by atoms with van der Waals surface area (Å²) in [6, 6.07) is 4.23. The first-order chi connectivity index (χ1) is 33.6. The smallest absolute Gasteiger partial charge is 0.326 e. The number of hydrogen-bond acceptors (Lipinski definition) is 17. The summed E-state index contributed by atoms with van der Waals surface area (Å²) in [5, 5.41) is 55.2. The van der Waals surface area contributed by atoms with Crippen molar-refractivity contribution in [1.82, 2.24) is 35.5 Å². The Balaban J connectivity index is 1.67. The molecule has 6 atom stereocenters. The number of aliphatic carboxylic acids is 1. The van der Waals surface area contributed by atoms with Gasteiger partial charge in [0.25, 0.3) is 16.1 Å². The minimum Gasteiger partial charge on any atom is -0.504 e. The predicted octanol–water partition coefficient (Wildman–Crippen LogP) is -1.04. The molecule has 3 unspecified atom stereocenters. The largest absolute Gasteiger partial charge is 0.504 e. The molecular formula is C46H60FN11O13S. The number of carbonyl (C=O) groups is 5. The summed E-state index contributed by atoms with van der Waals surface area (Å²) in [5.41, 5.74) is 17.3. The number of rotatable bonds is 17. The number of phenolic OH excluding ortho intramolecular Hbond substituents is 1. The van der Waals surface area contributed by atoms with Gasteiger partial charge in [0.1, 0.15) is 72.5 Å². The zero-order chi connectivity index (χ0) is 53.6. The third-order valence-corrected chi connectivity index (χ3v) is 12.0. The van der Waals surface area contributed by atoms with Gasteiger partial charge in [0, 0.05) is 44.2 Å². The van der Waals surface area contributed by atoms with Crippen LogP contribution in [0.25, 0.3) is 22.5 Å². The molecule has 4 aromatic rings. The summed E-state index contributed by atoms with van der Waals surface area (Å²) in [6.07, 6.45) is -2.77. The molecule has 5 rings (SSSR count). The molecule has 0 fully saturated rings. The number of likely N-dealkylation sites (N-methyl/N-ethyl adjacent to an activating group) is 1. The first kappa shape index (κ1) is 55.9. The van der Waals surface area contributed by atoms with E-state index in [1.807, 2.05) is 25.5 Å². The van der Waals surface area contributed by atoms with Gasteiger partial charge in [-0.05, 0) is 72.4 Å². The molecule has 390 valence electrons. The number of aromatic nitrogens is 2. The van der Waals surface area contributed by atoms with E-state index in [2.05, 4.69) is 25.9 Å². The van der Waals surface area contributed by atoms with Crippen molar-refractivity contribution in [2.24, 2.45) is 16.6 Å². The number of nitrogens with one attached hydrogen (secondary N) is 4. The standard InChI is InChI=1S/C46H60FN11O13S/c1-21-36(39(50)57-40(53-21)28-9-8-25(15-31(28)47)46(3,4)5)42(63)56-33(18-52-72(51,68)69)44(65)58(6)37-24-13-30(38(61)35(14-24)71-20-27(60)17-49)29-11-23(7-10-34(29)70-19-26(59)16-48)12-32(45(66)67)55-41(62)22(2)54-43(37)64/h7-11,13-15,22,26-27,32-33,37,52,59-61H,12,16-20,48-49H2,1-6H3,(H,54,64)(H,55,62)(H,56,63)(H,66,67)(H2,50,53,57)(H2,51,68,69)/t22-,26?,27?,32-,33?,37-/m0/s1. The third-order valence-electron chi connectivity index (χ3n) is 11.5. The number of carboxylic acids is 1. The number of nitrogen functional groups attached to an aromatic ring is 1. The Kier molecular flexibility index (Phi) is 17.8. The van der Waals surface area contributed by atoms with E-state index in [0.717, 1.165) is 18.0 Å². The number of halogens is 1. The second-order valence-corrected chi connectivity index (χ2v) is 19.5. The zero-order valence-corrected chi connectivity index (χ0v) is 41.0. The van der Waals surface area contributed by atoms with Gasteiger partial charge < -0.3 is 68.0 Å². The topological polar surface area (TPSA) is 400 Å². The minimum atomic E-state index is -4.58. The van der Waals surface area contributed by atoms with Crippen LogP contribution in [0.2, 0.25) is 0 Å². The average Bonchev–Trinajstić information content (AvgIpc) is 3.30. The molecule has 16 N–H and O–H groups in total. The first-order valence-electron chi connectivity index (χ1n) is 22.3. The molecule has 4 bridgehead atoms. The third kappa shape index (κ3) is 13.7. The summed E-state index contributed by atoms with van der Waals surface area (Å²) >= 11 is 0. The van der Waals surface area contributed by atoms with E-state index in [-0.39, 0.29) is 76.8 Å². The lowest BCUT2D eigenvalue weighted by atomic mass is 9.86. The lowest BCUT2D eigenvalue weighted by Gasteiger charge is -2.33. The second kappa shape index (κ2) is 23.0. The molecule has 3 aromatic carbocycles. The highest BCUT2D eigenvalue weighted by molar-refractivity contribution is 7.87. The predicted molar refractivity (Wildman–Crippen MR) is 259 cm³/mol. The minimum absolute atomic E-state index is 0.0132. The molecule has 0 radical (unpaired) electrons. The van der Waals surface area contributed by atoms with Crippen LogP contribution in [0.5, 0.6) is 17.2 Å². The highest BCUT2D eigenvalue weighted by atomic mass is 32.2. The summed E-state index contributed by atoms with van der Waals surface area (Å²) in [6.45, 7) is 5.99. The fraction of sp³-hybridized carbons (Fsp3) is 0.413. The van der Waals surface area contributed by atoms with Gasteiger partial charge in [-0.1, -0.05) is 32.9 Å². The number of aliphatic hydroxyl groups excluding tert-OH is 2. The van der Waals surface area contributed by atoms with Crippen LogP contribution in [0.3, 0.4) is 0 Å². The van der Waals surface area contributed by atoms with Crippen LogP contribution in [0.1, 0.15) is 66.5 Å². The Morgan fingerprint density at radius 3 is 2.14 bits per heavy atom. The Morgan fingerprint density at radius 1 is 0.931 bits per heavy atom. The van der Waals surface area contributed by atoms with Gasteiger partial charge in [-0.25, -0.2) is 24.3 Å². The Hall–Kier alpha value is -7.07. The summed E-state index contributed by atoms with van der Waals surface area (Å²) in [7, 11) is -3.50. The number of phenols is 1. The number of hydrogen-bond donors (Lipinski definition) is 12. The van der Waals surface area contributed by atoms with Crippen LogP contribution in [0.15, 0.2) is 48.5 Å². The van der Waals surface area contributed by atoms with Gasteiger partial charge in [0.05, 0.1) is 11.3 Å². The van der Waals surface area contributed by atoms with E-state index >= 15 is 4.39 Å². The normalized spacial score (nSPS) is 17.6. The number of nitrogens with zero attached hydrogens (tertiary/aromatic N) is 3. The van der Waals surface area contributed by atoms with Gasteiger partial charge in [0.2, 0.25) is 17.7 Å². The van der Waals surface area contributed by atoms with E-state index in [9.17, 15) is 52.8 Å². The van der Waals surface area contributed by atoms with Crippen molar-refractivity contribution in [2.75, 3.05) is 45.6 Å². The molecule has 0 spiro atoms. The van der Waals surface area contributed by atoms with E-state index < -0.39 is 118 Å². The number of carboxylic acid groups (broad SMARTS) is 1. The monoisotopic (exact) mass is 1030 g/mol. The maximum Gasteiger partial charge on any atom is 0.326 e. The number of aliphatic hydroxyl groups is 2. The molecule has 0 saturated heterocycles. The Morgan fingerprint density at radius 2 is 1.57 bits per heavy atom. The quantitative estimate of drug-likeness (QED) is 0.0601. The van der Waals surface area contributed by atoms with E-state index in [4.69, 9.17) is 31.8 Å². The van der Waals surface area contributed by atoms with Crippen LogP contribution >= 0.6 is 0 Å². The van der Waals surface area contributed by atoms with E-state index in [1.165, 1.54) is 50.2 Å². The number of amides is 4. The fourth-order valence-corrected chi connectivity index (χ4v) is 7.85. The maximum absolute atomic E-state index is 15.4. The van der Waals surface area contributed by atoms with Gasteiger partial charge in [0.15, 0.2) is 17.3 Å². The van der Waals surface area contributed by atoms with Crippen molar-refractivity contribution >= 4 is 45.6 Å². The number of aromatic hydroxyl groups is 1. The van der Waals surface area contributed by atoms with E-state index in [0.29, 0.717) is 5.56 Å². The number of anilines is 1. The second-order valence-electron chi connectivity index (χ2n) is 18.1. The molecule has 0 saturated carbocycles. The first-order valence-corrected chi connectivity index (χ1v) is 23.8. The highest BCUT2D eigenvalue weighted by Crippen LogP contribution is 2.45. The van der Waals surface area contributed by atoms with Gasteiger partial charge in [-0.3, -0.25) is 19.2 Å². The lowest BCUT2D eigenvalue weighted by Crippen LogP contribution is -2.57. The van der Waals surface area contributed by atoms with Crippen LogP contribution < -0.4 is 52.5 Å². The molecule has 26 heteroatoms. The molecule has 4 amide bonds. The van der Waals surface area contributed by atoms with Crippen molar-refractivity contribution in [3.8, 4) is 39.8 Å². The molecule has 24 nitrogen and oxygen atoms in total. The Bertz CT molecular complexity index is 2810. The fourth-order valence-electron chi connectivity index (χ4n) is 7.45. The number of fused-ring (bicyclic) bond motifs is 5. The van der Waals surface area contributed by atoms with Crippen molar-refractivity contribution < 1.29 is 66.7 Å². The van der Waals surface area contributed by atoms with Crippen LogP contribution in [-0.4, -0.2) is 144 Å². The molecular weight excluding hydrogens is 966 g/mol. The van der Waals surface area contributed by atoms with Crippen molar-refractivity contribution in [1.29, 1.82) is 0 Å². The van der Waals surface area contributed by atoms with Crippen molar-refractivity contribution in [3.63, 3.8) is 0 Å². The van der Waals surface area contributed by atoms with Crippen LogP contribution in [0, 0.1) is 12.7 Å². The number of benzene rings is 3. The molecule has 1 aliphatic rings. The zero-order valence-electron chi connectivity index (χ0n) is 40.2. The van der Waals surface area contributed by atoms with Gasteiger partial charge in [-0.2, -0.15) is 13.1 Å². The van der Waals surface area contributed by atoms with Gasteiger partial charge >= 0.3 is 5.97 Å². The molecule has 0 aliphatic carbocycles. The molecule has 1 aliphatic heterocycles. The van der Waals surface area contributed by atoms with E-state index in [1.54, 1.807) is 6.07 Å². The van der Waals surface area contributed by atoms with Gasteiger partial charge in [-0.15, -0.1) is 0 Å². The summed E-state index contributed by atoms with van der Waals surface area (Å²) in [4.78, 5) is 79.0. The van der Waals surface area contributed by atoms with Crippen LogP contribution in [0.4, 0.5) is 10.2 Å². The molecule has 1 aromatic heterocycles.